The van der Waals surface area contributed by atoms with Crippen LogP contribution in [0.25, 0.3) is 10.9 Å². The van der Waals surface area contributed by atoms with E-state index in [1.165, 1.54) is 0 Å². The summed E-state index contributed by atoms with van der Waals surface area (Å²) in [6, 6.07) is 4.89. The third-order valence-corrected chi connectivity index (χ3v) is 1.73. The summed E-state index contributed by atoms with van der Waals surface area (Å²) in [5.41, 5.74) is 6.35. The zero-order valence-electron chi connectivity index (χ0n) is 6.52. The quantitative estimate of drug-likeness (QED) is 0.638. The molecule has 0 amide bonds. The summed E-state index contributed by atoms with van der Waals surface area (Å²) in [5, 5.41) is 12.7. The highest BCUT2D eigenvalue weighted by Crippen LogP contribution is 2.22. The average Bonchev–Trinajstić information content (AvgIpc) is 2.48. The number of aromatic nitrogens is 1. The third-order valence-electron chi connectivity index (χ3n) is 1.73. The molecule has 5 nitrogen and oxygen atoms in total. The van der Waals surface area contributed by atoms with Gasteiger partial charge in [0.05, 0.1) is 11.1 Å². The summed E-state index contributed by atoms with van der Waals surface area (Å²) in [5.74, 6) is -1.32. The number of hydrogen-bond donors (Lipinski definition) is 2. The number of rotatable bonds is 1. The minimum atomic E-state index is -1.15. The van der Waals surface area contributed by atoms with E-state index in [0.717, 1.165) is 0 Å². The molecule has 0 bridgehead atoms. The first-order valence-corrected chi connectivity index (χ1v) is 3.57. The SMILES string of the molecule is Nc1cccc2c(C(=O)O)onc12. The molecular formula is C8H6N2O3. The van der Waals surface area contributed by atoms with Crippen molar-refractivity contribution >= 4 is 22.6 Å². The molecule has 2 rings (SSSR count). The van der Waals surface area contributed by atoms with Gasteiger partial charge in [0.2, 0.25) is 0 Å². The molecule has 0 fully saturated rings. The molecule has 0 saturated heterocycles. The van der Waals surface area contributed by atoms with E-state index >= 15 is 0 Å². The predicted octanol–water partition coefficient (Wildman–Crippen LogP) is 1.11. The van der Waals surface area contributed by atoms with Crippen LogP contribution in [-0.4, -0.2) is 16.2 Å². The van der Waals surface area contributed by atoms with Gasteiger partial charge in [0.25, 0.3) is 5.76 Å². The van der Waals surface area contributed by atoms with Gasteiger partial charge < -0.3 is 15.4 Å². The van der Waals surface area contributed by atoms with Crippen LogP contribution in [0.4, 0.5) is 5.69 Å². The Hall–Kier alpha value is -2.04. The highest BCUT2D eigenvalue weighted by molar-refractivity contribution is 6.03. The van der Waals surface area contributed by atoms with Gasteiger partial charge in [-0.1, -0.05) is 11.2 Å². The molecule has 0 aliphatic heterocycles. The zero-order chi connectivity index (χ0) is 9.42. The monoisotopic (exact) mass is 178 g/mol. The van der Waals surface area contributed by atoms with Gasteiger partial charge >= 0.3 is 5.97 Å². The molecule has 0 unspecified atom stereocenters. The van der Waals surface area contributed by atoms with Crippen molar-refractivity contribution in [3.8, 4) is 0 Å². The number of anilines is 1. The van der Waals surface area contributed by atoms with Gasteiger partial charge in [0.1, 0.15) is 5.52 Å². The van der Waals surface area contributed by atoms with E-state index in [2.05, 4.69) is 9.68 Å². The number of hydrogen-bond acceptors (Lipinski definition) is 4. The number of nitrogens with two attached hydrogens (primary N) is 1. The van der Waals surface area contributed by atoms with Crippen LogP contribution < -0.4 is 5.73 Å². The summed E-state index contributed by atoms with van der Waals surface area (Å²) < 4.78 is 4.63. The van der Waals surface area contributed by atoms with Crippen LogP contribution in [0.2, 0.25) is 0 Å². The lowest BCUT2D eigenvalue weighted by Crippen LogP contribution is -1.93. The Morgan fingerprint density at radius 1 is 1.54 bits per heavy atom. The molecule has 5 heteroatoms. The van der Waals surface area contributed by atoms with E-state index in [1.807, 2.05) is 0 Å². The second-order valence-corrected chi connectivity index (χ2v) is 2.56. The Morgan fingerprint density at radius 2 is 2.31 bits per heavy atom. The second kappa shape index (κ2) is 2.48. The standard InChI is InChI=1S/C8H6N2O3/c9-5-3-1-2-4-6(5)10-13-7(4)8(11)12/h1-3H,9H2,(H,11,12). The van der Waals surface area contributed by atoms with Gasteiger partial charge in [-0.05, 0) is 12.1 Å². The lowest BCUT2D eigenvalue weighted by molar-refractivity contribution is 0.0655. The van der Waals surface area contributed by atoms with E-state index in [9.17, 15) is 4.79 Å². The maximum atomic E-state index is 10.6. The van der Waals surface area contributed by atoms with Crippen molar-refractivity contribution < 1.29 is 14.4 Å². The molecule has 2 aromatic rings. The molecular weight excluding hydrogens is 172 g/mol. The lowest BCUT2D eigenvalue weighted by atomic mass is 10.2. The van der Waals surface area contributed by atoms with Gasteiger partial charge in [0.15, 0.2) is 0 Å². The number of fused-ring (bicyclic) bond motifs is 1. The summed E-state index contributed by atoms with van der Waals surface area (Å²) in [7, 11) is 0. The summed E-state index contributed by atoms with van der Waals surface area (Å²) in [4.78, 5) is 10.6. The van der Waals surface area contributed by atoms with Gasteiger partial charge in [-0.25, -0.2) is 4.79 Å². The van der Waals surface area contributed by atoms with Crippen LogP contribution in [0, 0.1) is 0 Å². The number of nitrogen functional groups attached to an aromatic ring is 1. The molecule has 0 saturated carbocycles. The minimum absolute atomic E-state index is 0.178. The van der Waals surface area contributed by atoms with Gasteiger partial charge in [0, 0.05) is 0 Å². The van der Waals surface area contributed by atoms with Gasteiger partial charge in [-0.15, -0.1) is 0 Å². The topological polar surface area (TPSA) is 89.4 Å². The van der Waals surface area contributed by atoms with Crippen LogP contribution in [0.1, 0.15) is 10.6 Å². The maximum Gasteiger partial charge on any atom is 0.375 e. The molecule has 0 aliphatic rings. The molecule has 1 heterocycles. The second-order valence-electron chi connectivity index (χ2n) is 2.56. The number of nitrogens with zero attached hydrogens (tertiary/aromatic N) is 1. The van der Waals surface area contributed by atoms with E-state index in [-0.39, 0.29) is 5.76 Å². The van der Waals surface area contributed by atoms with Crippen molar-refractivity contribution in [3.63, 3.8) is 0 Å². The van der Waals surface area contributed by atoms with Crippen molar-refractivity contribution in [2.75, 3.05) is 5.73 Å². The Labute approximate surface area is 72.7 Å². The molecule has 13 heavy (non-hydrogen) atoms. The molecule has 3 N–H and O–H groups in total. The van der Waals surface area contributed by atoms with E-state index < -0.39 is 5.97 Å². The molecule has 1 aromatic carbocycles. The Kier molecular flexibility index (Phi) is 1.45. The summed E-state index contributed by atoms with van der Waals surface area (Å²) in [6.45, 7) is 0. The first-order valence-electron chi connectivity index (χ1n) is 3.57. The zero-order valence-corrected chi connectivity index (χ0v) is 6.52. The Bertz CT molecular complexity index is 475. The number of carboxylic acids is 1. The van der Waals surface area contributed by atoms with E-state index in [4.69, 9.17) is 10.8 Å². The van der Waals surface area contributed by atoms with E-state index in [1.54, 1.807) is 18.2 Å². The first-order chi connectivity index (χ1) is 6.20. The van der Waals surface area contributed by atoms with Crippen LogP contribution in [0.5, 0.6) is 0 Å². The maximum absolute atomic E-state index is 10.6. The predicted molar refractivity (Wildman–Crippen MR) is 45.4 cm³/mol. The molecule has 0 radical (unpaired) electrons. The van der Waals surface area contributed by atoms with Crippen molar-refractivity contribution in [1.29, 1.82) is 0 Å². The lowest BCUT2D eigenvalue weighted by Gasteiger charge is -1.90. The molecule has 66 valence electrons. The van der Waals surface area contributed by atoms with Crippen LogP contribution in [0.3, 0.4) is 0 Å². The largest absolute Gasteiger partial charge is 0.475 e. The van der Waals surface area contributed by atoms with Crippen molar-refractivity contribution in [2.24, 2.45) is 0 Å². The van der Waals surface area contributed by atoms with Crippen LogP contribution in [-0.2, 0) is 0 Å². The Morgan fingerprint density at radius 3 is 3.00 bits per heavy atom. The molecule has 0 atom stereocenters. The smallest absolute Gasteiger partial charge is 0.375 e. The number of carbonyl (C=O) groups is 1. The van der Waals surface area contributed by atoms with Crippen molar-refractivity contribution in [1.82, 2.24) is 5.16 Å². The summed E-state index contributed by atoms with van der Waals surface area (Å²) >= 11 is 0. The van der Waals surface area contributed by atoms with Gasteiger partial charge in [-0.2, -0.15) is 0 Å². The molecule has 1 aromatic heterocycles. The molecule has 0 spiro atoms. The summed E-state index contributed by atoms with van der Waals surface area (Å²) in [6.07, 6.45) is 0. The van der Waals surface area contributed by atoms with Crippen LogP contribution >= 0.6 is 0 Å². The molecule has 0 aliphatic carbocycles. The van der Waals surface area contributed by atoms with Crippen LogP contribution in [0.15, 0.2) is 22.7 Å². The third kappa shape index (κ3) is 1.01. The van der Waals surface area contributed by atoms with Crippen molar-refractivity contribution in [3.05, 3.63) is 24.0 Å². The fourth-order valence-corrected chi connectivity index (χ4v) is 1.14. The highest BCUT2D eigenvalue weighted by atomic mass is 16.5. The fraction of sp³-hybridized carbons (Fsp3) is 0. The van der Waals surface area contributed by atoms with Crippen molar-refractivity contribution in [2.45, 2.75) is 0 Å². The van der Waals surface area contributed by atoms with E-state index in [0.29, 0.717) is 16.6 Å². The number of aromatic carboxylic acids is 1. The number of benzene rings is 1. The Balaban J connectivity index is 2.83. The highest BCUT2D eigenvalue weighted by Gasteiger charge is 2.15. The van der Waals surface area contributed by atoms with Gasteiger partial charge in [-0.3, -0.25) is 0 Å². The fourth-order valence-electron chi connectivity index (χ4n) is 1.14. The first kappa shape index (κ1) is 7.60. The minimum Gasteiger partial charge on any atom is -0.475 e. The number of carboxylic acid groups (broad SMARTS) is 1. The average molecular weight is 178 g/mol. The normalized spacial score (nSPS) is 10.5.